The molecule has 3 unspecified atom stereocenters. The molecule has 4 nitrogen and oxygen atoms in total. The van der Waals surface area contributed by atoms with E-state index in [-0.39, 0.29) is 0 Å². The highest BCUT2D eigenvalue weighted by Gasteiger charge is 2.41. The van der Waals surface area contributed by atoms with Crippen LogP contribution in [0.1, 0.15) is 32.1 Å². The van der Waals surface area contributed by atoms with E-state index in [9.17, 15) is 0 Å². The molecule has 0 aromatic carbocycles. The van der Waals surface area contributed by atoms with Crippen molar-refractivity contribution in [1.82, 2.24) is 10.2 Å². The van der Waals surface area contributed by atoms with Crippen molar-refractivity contribution in [2.24, 2.45) is 5.41 Å². The van der Waals surface area contributed by atoms with Gasteiger partial charge < -0.3 is 14.8 Å². The van der Waals surface area contributed by atoms with Crippen molar-refractivity contribution < 1.29 is 9.47 Å². The molecule has 108 valence electrons. The topological polar surface area (TPSA) is 33.7 Å². The normalized spacial score (nSPS) is 42.9. The Morgan fingerprint density at radius 1 is 1.11 bits per heavy atom. The van der Waals surface area contributed by atoms with Crippen LogP contribution in [0.25, 0.3) is 0 Å². The van der Waals surface area contributed by atoms with E-state index < -0.39 is 0 Å². The van der Waals surface area contributed by atoms with Gasteiger partial charge in [-0.2, -0.15) is 0 Å². The molecule has 4 aliphatic rings. The van der Waals surface area contributed by atoms with Crippen LogP contribution in [0.15, 0.2) is 0 Å². The van der Waals surface area contributed by atoms with Crippen molar-refractivity contribution in [1.29, 1.82) is 0 Å². The van der Waals surface area contributed by atoms with Gasteiger partial charge in [-0.3, -0.25) is 4.90 Å². The van der Waals surface area contributed by atoms with Gasteiger partial charge in [0.2, 0.25) is 0 Å². The number of morpholine rings is 1. The maximum absolute atomic E-state index is 5.94. The molecular weight excluding hydrogens is 240 g/mol. The third kappa shape index (κ3) is 2.82. The Bertz CT molecular complexity index is 314. The third-order valence-corrected chi connectivity index (χ3v) is 5.21. The Morgan fingerprint density at radius 3 is 2.53 bits per heavy atom. The van der Waals surface area contributed by atoms with Crippen molar-refractivity contribution in [3.63, 3.8) is 0 Å². The second kappa shape index (κ2) is 4.99. The molecule has 4 heteroatoms. The molecule has 3 aliphatic heterocycles. The van der Waals surface area contributed by atoms with Gasteiger partial charge in [0.25, 0.3) is 0 Å². The lowest BCUT2D eigenvalue weighted by atomic mass is 9.86. The summed E-state index contributed by atoms with van der Waals surface area (Å²) in [5.74, 6) is 0. The molecule has 0 radical (unpaired) electrons. The van der Waals surface area contributed by atoms with Crippen LogP contribution in [0, 0.1) is 5.41 Å². The highest BCUT2D eigenvalue weighted by molar-refractivity contribution is 4.94. The fourth-order valence-electron chi connectivity index (χ4n) is 3.92. The number of hydrogen-bond donors (Lipinski definition) is 1. The van der Waals surface area contributed by atoms with Gasteiger partial charge in [0.1, 0.15) is 0 Å². The number of fused-ring (bicyclic) bond motifs is 2. The number of likely N-dealkylation sites (tertiary alicyclic amines) is 1. The maximum Gasteiger partial charge on any atom is 0.0707 e. The molecule has 0 aromatic rings. The maximum atomic E-state index is 5.94. The SMILES string of the molecule is C1CC(CNC2CC2)(CN2CC3CCC(C2)O3)CO1. The summed E-state index contributed by atoms with van der Waals surface area (Å²) in [4.78, 5) is 2.65. The lowest BCUT2D eigenvalue weighted by Crippen LogP contribution is -2.50. The van der Waals surface area contributed by atoms with E-state index in [2.05, 4.69) is 10.2 Å². The molecule has 1 N–H and O–H groups in total. The van der Waals surface area contributed by atoms with E-state index in [1.54, 1.807) is 0 Å². The van der Waals surface area contributed by atoms with Gasteiger partial charge in [-0.1, -0.05) is 0 Å². The van der Waals surface area contributed by atoms with Gasteiger partial charge in [0.05, 0.1) is 18.8 Å². The predicted octanol–water partition coefficient (Wildman–Crippen LogP) is 1.01. The Hall–Kier alpha value is -0.160. The summed E-state index contributed by atoms with van der Waals surface area (Å²) >= 11 is 0. The van der Waals surface area contributed by atoms with Crippen LogP contribution in [0.2, 0.25) is 0 Å². The van der Waals surface area contributed by atoms with Gasteiger partial charge in [-0.05, 0) is 32.1 Å². The van der Waals surface area contributed by atoms with Crippen molar-refractivity contribution in [3.05, 3.63) is 0 Å². The number of ether oxygens (including phenoxy) is 2. The molecule has 0 aromatic heterocycles. The van der Waals surface area contributed by atoms with Gasteiger partial charge >= 0.3 is 0 Å². The summed E-state index contributed by atoms with van der Waals surface area (Å²) in [5, 5.41) is 3.73. The van der Waals surface area contributed by atoms with Crippen molar-refractivity contribution in [3.8, 4) is 0 Å². The van der Waals surface area contributed by atoms with E-state index in [1.165, 1.54) is 38.6 Å². The van der Waals surface area contributed by atoms with Crippen molar-refractivity contribution in [2.75, 3.05) is 39.4 Å². The number of rotatable bonds is 5. The molecule has 4 rings (SSSR count). The molecule has 19 heavy (non-hydrogen) atoms. The summed E-state index contributed by atoms with van der Waals surface area (Å²) in [5.41, 5.74) is 0.360. The lowest BCUT2D eigenvalue weighted by Gasteiger charge is -2.38. The molecule has 3 atom stereocenters. The summed E-state index contributed by atoms with van der Waals surface area (Å²) in [6, 6.07) is 0.804. The van der Waals surface area contributed by atoms with E-state index >= 15 is 0 Å². The largest absolute Gasteiger partial charge is 0.381 e. The molecule has 0 amide bonds. The van der Waals surface area contributed by atoms with Crippen molar-refractivity contribution in [2.45, 2.75) is 50.4 Å². The second-order valence-electron chi connectivity index (χ2n) is 7.11. The molecular formula is C15H26N2O2. The molecule has 2 bridgehead atoms. The van der Waals surface area contributed by atoms with Gasteiger partial charge in [0.15, 0.2) is 0 Å². The first-order valence-electron chi connectivity index (χ1n) is 8.00. The summed E-state index contributed by atoms with van der Waals surface area (Å²) < 4.78 is 11.7. The Balaban J connectivity index is 1.37. The minimum atomic E-state index is 0.360. The minimum absolute atomic E-state index is 0.360. The molecule has 3 heterocycles. The Kier molecular flexibility index (Phi) is 3.30. The second-order valence-corrected chi connectivity index (χ2v) is 7.11. The standard InChI is InChI=1S/C15H26N2O2/c1-2-12(1)16-9-15(5-6-18-11-15)10-17-7-13-3-4-14(8-17)19-13/h12-14,16H,1-11H2. The number of hydrogen-bond acceptors (Lipinski definition) is 4. The highest BCUT2D eigenvalue weighted by atomic mass is 16.5. The number of nitrogens with one attached hydrogen (secondary N) is 1. The fraction of sp³-hybridized carbons (Fsp3) is 1.00. The molecule has 1 aliphatic carbocycles. The summed E-state index contributed by atoms with van der Waals surface area (Å²) in [7, 11) is 0. The average molecular weight is 266 g/mol. The quantitative estimate of drug-likeness (QED) is 0.805. The van der Waals surface area contributed by atoms with Crippen LogP contribution in [0.4, 0.5) is 0 Å². The Labute approximate surface area is 115 Å². The van der Waals surface area contributed by atoms with E-state index in [1.807, 2.05) is 0 Å². The van der Waals surface area contributed by atoms with Crippen LogP contribution in [-0.4, -0.2) is 62.5 Å². The highest BCUT2D eigenvalue weighted by Crippen LogP contribution is 2.34. The molecule has 1 saturated carbocycles. The average Bonchev–Trinajstić information content (AvgIpc) is 3.04. The predicted molar refractivity (Wildman–Crippen MR) is 73.2 cm³/mol. The first-order valence-corrected chi connectivity index (χ1v) is 8.00. The van der Waals surface area contributed by atoms with E-state index in [4.69, 9.17) is 9.47 Å². The zero-order valence-electron chi connectivity index (χ0n) is 11.8. The summed E-state index contributed by atoms with van der Waals surface area (Å²) in [6.45, 7) is 6.51. The van der Waals surface area contributed by atoms with Crippen LogP contribution in [-0.2, 0) is 9.47 Å². The van der Waals surface area contributed by atoms with Crippen LogP contribution in [0.3, 0.4) is 0 Å². The van der Waals surface area contributed by atoms with Crippen molar-refractivity contribution >= 4 is 0 Å². The van der Waals surface area contributed by atoms with Crippen LogP contribution in [0.5, 0.6) is 0 Å². The van der Waals surface area contributed by atoms with Crippen LogP contribution < -0.4 is 5.32 Å². The fourth-order valence-corrected chi connectivity index (χ4v) is 3.92. The Morgan fingerprint density at radius 2 is 1.89 bits per heavy atom. The van der Waals surface area contributed by atoms with Gasteiger partial charge in [0, 0.05) is 44.2 Å². The summed E-state index contributed by atoms with van der Waals surface area (Å²) in [6.07, 6.45) is 7.52. The zero-order chi connectivity index (χ0) is 12.7. The van der Waals surface area contributed by atoms with Gasteiger partial charge in [-0.15, -0.1) is 0 Å². The van der Waals surface area contributed by atoms with Crippen LogP contribution >= 0.6 is 0 Å². The monoisotopic (exact) mass is 266 g/mol. The zero-order valence-corrected chi connectivity index (χ0v) is 11.8. The smallest absolute Gasteiger partial charge is 0.0707 e. The van der Waals surface area contributed by atoms with E-state index in [0.29, 0.717) is 17.6 Å². The minimum Gasteiger partial charge on any atom is -0.381 e. The van der Waals surface area contributed by atoms with E-state index in [0.717, 1.165) is 38.9 Å². The molecule has 4 fully saturated rings. The lowest BCUT2D eigenvalue weighted by molar-refractivity contribution is -0.0511. The number of nitrogens with zero attached hydrogens (tertiary/aromatic N) is 1. The first-order chi connectivity index (χ1) is 9.31. The van der Waals surface area contributed by atoms with Gasteiger partial charge in [-0.25, -0.2) is 0 Å². The molecule has 3 saturated heterocycles. The first kappa shape index (κ1) is 12.6. The third-order valence-electron chi connectivity index (χ3n) is 5.21. The molecule has 0 spiro atoms.